The van der Waals surface area contributed by atoms with E-state index in [0.29, 0.717) is 0 Å². The molecule has 0 saturated heterocycles. The summed E-state index contributed by atoms with van der Waals surface area (Å²) in [6, 6.07) is 0. The van der Waals surface area contributed by atoms with Crippen molar-refractivity contribution in [1.29, 1.82) is 0 Å². The topological polar surface area (TPSA) is 12.4 Å². The van der Waals surface area contributed by atoms with E-state index in [1.807, 2.05) is 6.92 Å². The Morgan fingerprint density at radius 3 is 1.86 bits per heavy atom. The maximum Gasteiger partial charge on any atom is 0.0978 e. The van der Waals surface area contributed by atoms with Crippen LogP contribution in [0.5, 0.6) is 0 Å². The van der Waals surface area contributed by atoms with Gasteiger partial charge in [-0.05, 0) is 63.2 Å². The summed E-state index contributed by atoms with van der Waals surface area (Å²) >= 11 is 5.96. The number of halogens is 1. The molecule has 0 atom stereocenters. The molecule has 4 fully saturated rings. The van der Waals surface area contributed by atoms with Crippen LogP contribution in [0.1, 0.15) is 45.4 Å². The minimum Gasteiger partial charge on any atom is -0.271 e. The van der Waals surface area contributed by atoms with Gasteiger partial charge in [0.1, 0.15) is 0 Å². The highest BCUT2D eigenvalue weighted by Crippen LogP contribution is 2.57. The molecule has 14 heavy (non-hydrogen) atoms. The summed E-state index contributed by atoms with van der Waals surface area (Å²) in [4.78, 5) is 4.75. The van der Waals surface area contributed by atoms with Gasteiger partial charge in [0, 0.05) is 0 Å². The Labute approximate surface area is 90.9 Å². The fourth-order valence-electron chi connectivity index (χ4n) is 4.53. The minimum absolute atomic E-state index is 0.278. The summed E-state index contributed by atoms with van der Waals surface area (Å²) in [7, 11) is 0. The highest BCUT2D eigenvalue weighted by molar-refractivity contribution is 6.64. The van der Waals surface area contributed by atoms with E-state index in [1.54, 1.807) is 0 Å². The Morgan fingerprint density at radius 1 is 1.07 bits per heavy atom. The van der Waals surface area contributed by atoms with Gasteiger partial charge in [0.25, 0.3) is 0 Å². The van der Waals surface area contributed by atoms with Gasteiger partial charge >= 0.3 is 0 Å². The highest BCUT2D eigenvalue weighted by Gasteiger charge is 2.50. The van der Waals surface area contributed by atoms with Gasteiger partial charge in [-0.3, -0.25) is 4.99 Å². The quantitative estimate of drug-likeness (QED) is 0.588. The fraction of sp³-hybridized carbons (Fsp3) is 0.917. The second kappa shape index (κ2) is 2.98. The zero-order valence-electron chi connectivity index (χ0n) is 8.80. The molecule has 4 aliphatic carbocycles. The number of hydrogen-bond donors (Lipinski definition) is 0. The first-order chi connectivity index (χ1) is 6.65. The third kappa shape index (κ3) is 1.41. The first-order valence-corrected chi connectivity index (χ1v) is 6.25. The first-order valence-electron chi connectivity index (χ1n) is 5.87. The lowest BCUT2D eigenvalue weighted by atomic mass is 9.53. The van der Waals surface area contributed by atoms with Crippen LogP contribution in [0, 0.1) is 17.8 Å². The zero-order chi connectivity index (χ0) is 9.76. The van der Waals surface area contributed by atoms with Crippen LogP contribution in [0.2, 0.25) is 0 Å². The van der Waals surface area contributed by atoms with Gasteiger partial charge in [-0.1, -0.05) is 11.6 Å². The van der Waals surface area contributed by atoms with E-state index < -0.39 is 0 Å². The van der Waals surface area contributed by atoms with Gasteiger partial charge in [0.05, 0.1) is 10.7 Å². The van der Waals surface area contributed by atoms with Gasteiger partial charge in [0.15, 0.2) is 0 Å². The van der Waals surface area contributed by atoms with Crippen LogP contribution in [0.3, 0.4) is 0 Å². The van der Waals surface area contributed by atoms with Crippen LogP contribution in [-0.4, -0.2) is 10.7 Å². The van der Waals surface area contributed by atoms with Crippen molar-refractivity contribution in [2.24, 2.45) is 22.7 Å². The molecule has 0 spiro atoms. The summed E-state index contributed by atoms with van der Waals surface area (Å²) in [5.74, 6) is 2.92. The molecule has 0 aliphatic heterocycles. The summed E-state index contributed by atoms with van der Waals surface area (Å²) in [5.41, 5.74) is 0.278. The standard InChI is InChI=1S/C12H18ClN/c1-8(13)14-12-5-9-2-10(6-12)4-11(3-9)7-12/h9-11H,2-7H2,1H3. The van der Waals surface area contributed by atoms with Crippen molar-refractivity contribution in [3.8, 4) is 0 Å². The molecule has 4 bridgehead atoms. The summed E-state index contributed by atoms with van der Waals surface area (Å²) in [6.45, 7) is 1.93. The van der Waals surface area contributed by atoms with Crippen LogP contribution in [0.25, 0.3) is 0 Å². The molecule has 0 aromatic rings. The average molecular weight is 212 g/mol. The molecule has 1 nitrogen and oxygen atoms in total. The molecule has 4 saturated carbocycles. The Bertz CT molecular complexity index is 243. The largest absolute Gasteiger partial charge is 0.271 e. The van der Waals surface area contributed by atoms with E-state index in [1.165, 1.54) is 38.5 Å². The lowest BCUT2D eigenvalue weighted by molar-refractivity contribution is 0.00180. The van der Waals surface area contributed by atoms with Crippen LogP contribution in [0.15, 0.2) is 4.99 Å². The molecule has 0 aromatic carbocycles. The van der Waals surface area contributed by atoms with E-state index in [9.17, 15) is 0 Å². The number of aliphatic imine (C=N–C) groups is 1. The summed E-state index contributed by atoms with van der Waals surface area (Å²) < 4.78 is 0. The smallest absolute Gasteiger partial charge is 0.0978 e. The molecule has 0 aromatic heterocycles. The van der Waals surface area contributed by atoms with Crippen molar-refractivity contribution in [1.82, 2.24) is 0 Å². The zero-order valence-corrected chi connectivity index (χ0v) is 9.56. The Kier molecular flexibility index (Phi) is 1.96. The predicted molar refractivity (Wildman–Crippen MR) is 59.9 cm³/mol. The molecule has 4 aliphatic rings. The SMILES string of the molecule is CC(Cl)=NC12CC3CC(CC(C3)C1)C2. The molecular formula is C12H18ClN. The molecule has 2 heteroatoms. The first kappa shape index (κ1) is 9.21. The van der Waals surface area contributed by atoms with E-state index in [4.69, 9.17) is 16.6 Å². The lowest BCUT2D eigenvalue weighted by Crippen LogP contribution is -2.49. The van der Waals surface area contributed by atoms with Crippen LogP contribution in [0.4, 0.5) is 0 Å². The van der Waals surface area contributed by atoms with E-state index in [0.717, 1.165) is 22.9 Å². The molecule has 0 unspecified atom stereocenters. The monoisotopic (exact) mass is 211 g/mol. The maximum absolute atomic E-state index is 5.96. The maximum atomic E-state index is 5.96. The molecule has 0 N–H and O–H groups in total. The van der Waals surface area contributed by atoms with E-state index in [2.05, 4.69) is 0 Å². The van der Waals surface area contributed by atoms with Gasteiger partial charge in [0.2, 0.25) is 0 Å². The highest BCUT2D eigenvalue weighted by atomic mass is 35.5. The third-order valence-electron chi connectivity index (χ3n) is 4.40. The second-order valence-electron chi connectivity index (χ2n) is 5.75. The Balaban J connectivity index is 1.91. The third-order valence-corrected chi connectivity index (χ3v) is 4.48. The molecule has 0 radical (unpaired) electrons. The molecule has 0 heterocycles. The van der Waals surface area contributed by atoms with Crippen molar-refractivity contribution in [3.63, 3.8) is 0 Å². The molecule has 0 amide bonds. The Morgan fingerprint density at radius 2 is 1.50 bits per heavy atom. The van der Waals surface area contributed by atoms with Crippen molar-refractivity contribution in [2.75, 3.05) is 0 Å². The van der Waals surface area contributed by atoms with Gasteiger partial charge in [-0.15, -0.1) is 0 Å². The van der Waals surface area contributed by atoms with Crippen LogP contribution < -0.4 is 0 Å². The second-order valence-corrected chi connectivity index (χ2v) is 6.30. The van der Waals surface area contributed by atoms with Gasteiger partial charge in [-0.2, -0.15) is 0 Å². The number of nitrogens with zero attached hydrogens (tertiary/aromatic N) is 1. The molecule has 4 rings (SSSR count). The van der Waals surface area contributed by atoms with Gasteiger partial charge < -0.3 is 0 Å². The molecule has 78 valence electrons. The van der Waals surface area contributed by atoms with Crippen molar-refractivity contribution < 1.29 is 0 Å². The lowest BCUT2D eigenvalue weighted by Gasteiger charge is -2.55. The average Bonchev–Trinajstić information content (AvgIpc) is 1.96. The van der Waals surface area contributed by atoms with Crippen molar-refractivity contribution in [2.45, 2.75) is 51.0 Å². The number of hydrogen-bond acceptors (Lipinski definition) is 1. The molecular weight excluding hydrogens is 194 g/mol. The normalized spacial score (nSPS) is 51.3. The number of rotatable bonds is 1. The van der Waals surface area contributed by atoms with E-state index in [-0.39, 0.29) is 5.54 Å². The van der Waals surface area contributed by atoms with Crippen LogP contribution in [-0.2, 0) is 0 Å². The van der Waals surface area contributed by atoms with E-state index >= 15 is 0 Å². The Hall–Kier alpha value is -0.0400. The van der Waals surface area contributed by atoms with Crippen molar-refractivity contribution >= 4 is 16.8 Å². The fourth-order valence-corrected chi connectivity index (χ4v) is 4.71. The van der Waals surface area contributed by atoms with Crippen LogP contribution >= 0.6 is 11.6 Å². The predicted octanol–water partition coefficient (Wildman–Crippen LogP) is 3.61. The summed E-state index contributed by atoms with van der Waals surface area (Å²) in [6.07, 6.45) is 8.41. The minimum atomic E-state index is 0.278. The summed E-state index contributed by atoms with van der Waals surface area (Å²) in [5, 5.41) is 0.770. The van der Waals surface area contributed by atoms with Crippen molar-refractivity contribution in [3.05, 3.63) is 0 Å². The van der Waals surface area contributed by atoms with Gasteiger partial charge in [-0.25, -0.2) is 0 Å².